The molecule has 0 fully saturated rings. The Labute approximate surface area is 387 Å². The van der Waals surface area contributed by atoms with E-state index >= 15 is 26.3 Å². The fourth-order valence-electron chi connectivity index (χ4n) is 8.66. The third-order valence-electron chi connectivity index (χ3n) is 12.6. The van der Waals surface area contributed by atoms with Gasteiger partial charge in [0.1, 0.15) is 0 Å². The predicted molar refractivity (Wildman–Crippen MR) is 264 cm³/mol. The van der Waals surface area contributed by atoms with Crippen LogP contribution >= 0.6 is 0 Å². The summed E-state index contributed by atoms with van der Waals surface area (Å²) >= 11 is 0. The quantitative estimate of drug-likeness (QED) is 0.146. The van der Waals surface area contributed by atoms with Crippen molar-refractivity contribution in [1.82, 2.24) is 0 Å². The second-order valence-electron chi connectivity index (χ2n) is 21.7. The molecular weight excluding hydrogens is 835 g/mol. The van der Waals surface area contributed by atoms with Crippen molar-refractivity contribution in [2.45, 2.75) is 117 Å². The average Bonchev–Trinajstić information content (AvgIpc) is 3.24. The molecule has 7 aromatic carbocycles. The highest BCUT2D eigenvalue weighted by Crippen LogP contribution is 2.51. The van der Waals surface area contributed by atoms with Crippen molar-refractivity contribution in [2.75, 3.05) is 0 Å². The van der Waals surface area contributed by atoms with E-state index < -0.39 is 23.5 Å². The summed E-state index contributed by atoms with van der Waals surface area (Å²) in [5, 5.41) is 0. The van der Waals surface area contributed by atoms with Crippen LogP contribution in [-0.2, 0) is 34.0 Å². The van der Waals surface area contributed by atoms with Crippen molar-refractivity contribution in [2.24, 2.45) is 0 Å². The third-order valence-corrected chi connectivity index (χ3v) is 12.6. The molecule has 0 aliphatic rings. The Kier molecular flexibility index (Phi) is 12.4. The van der Waals surface area contributed by atoms with E-state index in [1.807, 2.05) is 48.5 Å². The summed E-state index contributed by atoms with van der Waals surface area (Å²) in [6, 6.07) is 42.3. The molecule has 0 saturated heterocycles. The van der Waals surface area contributed by atoms with Crippen molar-refractivity contribution in [1.29, 1.82) is 0 Å². The molecule has 0 heterocycles. The molecule has 7 rings (SSSR count). The summed E-state index contributed by atoms with van der Waals surface area (Å²) in [6.07, 6.45) is -9.49. The van der Waals surface area contributed by atoms with Gasteiger partial charge in [0.25, 0.3) is 0 Å². The Morgan fingerprint density at radius 1 is 0.242 bits per heavy atom. The van der Waals surface area contributed by atoms with Gasteiger partial charge in [-0.3, -0.25) is 0 Å². The smallest absolute Gasteiger partial charge is 0.166 e. The Morgan fingerprint density at radius 2 is 0.470 bits per heavy atom. The minimum Gasteiger partial charge on any atom is -0.166 e. The average molecular weight is 895 g/mol. The van der Waals surface area contributed by atoms with Crippen molar-refractivity contribution in [3.05, 3.63) is 179 Å². The van der Waals surface area contributed by atoms with Gasteiger partial charge in [-0.1, -0.05) is 204 Å². The summed E-state index contributed by atoms with van der Waals surface area (Å²) in [5.74, 6) is 0. The maximum Gasteiger partial charge on any atom is 0.417 e. The molecule has 0 aromatic heterocycles. The molecule has 0 amide bonds. The predicted octanol–water partition coefficient (Wildman–Crippen LogP) is 18.9. The molecule has 66 heavy (non-hydrogen) atoms. The van der Waals surface area contributed by atoms with Crippen LogP contribution in [0.4, 0.5) is 26.3 Å². The maximum atomic E-state index is 15.3. The minimum atomic E-state index is -4.74. The normalized spacial score (nSPS) is 13.0. The van der Waals surface area contributed by atoms with E-state index in [2.05, 4.69) is 119 Å². The van der Waals surface area contributed by atoms with Gasteiger partial charge in [0.2, 0.25) is 0 Å². The third kappa shape index (κ3) is 9.94. The summed E-state index contributed by atoms with van der Waals surface area (Å²) in [7, 11) is 0. The molecule has 0 aliphatic carbocycles. The maximum absolute atomic E-state index is 15.3. The molecule has 0 aliphatic heterocycles. The van der Waals surface area contributed by atoms with Crippen molar-refractivity contribution in [3.8, 4) is 66.8 Å². The van der Waals surface area contributed by atoms with Crippen LogP contribution in [0.2, 0.25) is 0 Å². The van der Waals surface area contributed by atoms with Gasteiger partial charge in [0, 0.05) is 0 Å². The zero-order valence-corrected chi connectivity index (χ0v) is 40.1. The highest BCUT2D eigenvalue weighted by atomic mass is 19.4. The van der Waals surface area contributed by atoms with Crippen LogP contribution in [-0.4, -0.2) is 0 Å². The van der Waals surface area contributed by atoms with Gasteiger partial charge in [-0.15, -0.1) is 0 Å². The lowest BCUT2D eigenvalue weighted by atomic mass is 9.77. The molecule has 0 saturated carbocycles. The lowest BCUT2D eigenvalue weighted by molar-refractivity contribution is -0.137. The van der Waals surface area contributed by atoms with Crippen LogP contribution in [0.3, 0.4) is 0 Å². The Bertz CT molecular complexity index is 2650. The van der Waals surface area contributed by atoms with E-state index in [1.165, 1.54) is 24.3 Å². The number of alkyl halides is 6. The zero-order chi connectivity index (χ0) is 48.4. The largest absolute Gasteiger partial charge is 0.417 e. The summed E-state index contributed by atoms with van der Waals surface area (Å²) < 4.78 is 91.8. The number of hydrogen-bond acceptors (Lipinski definition) is 0. The van der Waals surface area contributed by atoms with Gasteiger partial charge in [0.05, 0.1) is 11.1 Å². The van der Waals surface area contributed by atoms with Crippen molar-refractivity contribution >= 4 is 0 Å². The van der Waals surface area contributed by atoms with Crippen LogP contribution in [0.1, 0.15) is 116 Å². The molecule has 0 atom stereocenters. The summed E-state index contributed by atoms with van der Waals surface area (Å²) in [6.45, 7) is 25.7. The fourth-order valence-corrected chi connectivity index (χ4v) is 8.66. The SMILES string of the molecule is CC(C)(C)c1cc(-c2ccccc2-c2cc(-c3ccccc3C(F)(F)F)c(-c3ccccc3-c3cc(C(C)(C)C)cc(C(C)(C)C)c3)cc2-c2ccccc2C(F)(F)F)cc(C(C)(C)C)c1. The molecule has 0 bridgehead atoms. The van der Waals surface area contributed by atoms with E-state index in [1.54, 1.807) is 24.3 Å². The first-order chi connectivity index (χ1) is 30.5. The first kappa shape index (κ1) is 48.1. The van der Waals surface area contributed by atoms with Crippen molar-refractivity contribution in [3.63, 3.8) is 0 Å². The number of halogens is 6. The molecule has 6 heteroatoms. The lowest BCUT2D eigenvalue weighted by Crippen LogP contribution is -2.16. The Hall–Kier alpha value is -5.88. The second-order valence-corrected chi connectivity index (χ2v) is 21.7. The van der Waals surface area contributed by atoms with Crippen LogP contribution in [0.15, 0.2) is 146 Å². The summed E-state index contributed by atoms with van der Waals surface area (Å²) in [5.41, 5.74) is 7.15. The molecule has 7 aromatic rings. The lowest BCUT2D eigenvalue weighted by Gasteiger charge is -2.28. The van der Waals surface area contributed by atoms with E-state index in [9.17, 15) is 0 Å². The number of benzene rings is 7. The fraction of sp³-hybridized carbons (Fsp3) is 0.300. The van der Waals surface area contributed by atoms with Crippen molar-refractivity contribution < 1.29 is 26.3 Å². The van der Waals surface area contributed by atoms with E-state index in [-0.39, 0.29) is 43.9 Å². The number of hydrogen-bond donors (Lipinski definition) is 0. The molecular formula is C60H60F6. The van der Waals surface area contributed by atoms with Gasteiger partial charge in [0.15, 0.2) is 0 Å². The van der Waals surface area contributed by atoms with Gasteiger partial charge in [-0.05, 0) is 135 Å². The molecule has 0 unspecified atom stereocenters. The van der Waals surface area contributed by atoms with E-state index in [0.717, 1.165) is 56.6 Å². The van der Waals surface area contributed by atoms with Gasteiger partial charge < -0.3 is 0 Å². The van der Waals surface area contributed by atoms with Gasteiger partial charge in [-0.25, -0.2) is 0 Å². The highest BCUT2D eigenvalue weighted by Gasteiger charge is 2.37. The topological polar surface area (TPSA) is 0 Å². The standard InChI is InChI=1S/C60H60F6/c1-55(2,3)39-29-37(30-40(33-39)56(4,5)6)43-21-13-15-23-45(43)49-35-52(48-26-18-20-28-54(48)60(64,65)66)50(36-51(49)47-25-17-19-27-53(47)59(61,62)63)46-24-16-14-22-44(46)38-31-41(57(7,8)9)34-42(32-38)58(10,11)12/h13-36H,1-12H3. The molecule has 0 spiro atoms. The van der Waals surface area contributed by atoms with Crippen LogP contribution in [0.25, 0.3) is 66.8 Å². The van der Waals surface area contributed by atoms with Crippen LogP contribution < -0.4 is 0 Å². The monoisotopic (exact) mass is 894 g/mol. The zero-order valence-electron chi connectivity index (χ0n) is 40.1. The second kappa shape index (κ2) is 17.1. The van der Waals surface area contributed by atoms with Gasteiger partial charge in [-0.2, -0.15) is 26.3 Å². The molecule has 0 nitrogen and oxygen atoms in total. The van der Waals surface area contributed by atoms with E-state index in [0.29, 0.717) is 22.3 Å². The Balaban J connectivity index is 1.68. The highest BCUT2D eigenvalue weighted by molar-refractivity contribution is 6.01. The number of rotatable bonds is 6. The first-order valence-electron chi connectivity index (χ1n) is 22.6. The summed E-state index contributed by atoms with van der Waals surface area (Å²) in [4.78, 5) is 0. The van der Waals surface area contributed by atoms with Crippen LogP contribution in [0.5, 0.6) is 0 Å². The van der Waals surface area contributed by atoms with Gasteiger partial charge >= 0.3 is 12.4 Å². The molecule has 0 N–H and O–H groups in total. The Morgan fingerprint density at radius 3 is 0.727 bits per heavy atom. The van der Waals surface area contributed by atoms with Crippen LogP contribution in [0, 0.1) is 0 Å². The minimum absolute atomic E-state index is 0.0761. The first-order valence-corrected chi connectivity index (χ1v) is 22.6. The molecule has 342 valence electrons. The molecule has 0 radical (unpaired) electrons. The van der Waals surface area contributed by atoms with E-state index in [4.69, 9.17) is 0 Å².